The molecule has 2 nitrogen and oxygen atoms in total. The van der Waals surface area contributed by atoms with Crippen LogP contribution in [0.4, 0.5) is 0 Å². The standard InChI is InChI=1S/C14H30N2/c1-6-8-9-10-16-12-14(5,7-2)15-11-13(16,3)4/h15H,6-12H2,1-5H3. The van der Waals surface area contributed by atoms with Crippen molar-refractivity contribution < 1.29 is 0 Å². The molecule has 0 saturated carbocycles. The van der Waals surface area contributed by atoms with Gasteiger partial charge in [0.1, 0.15) is 0 Å². The smallest absolute Gasteiger partial charge is 0.0278 e. The molecule has 1 aliphatic rings. The van der Waals surface area contributed by atoms with Gasteiger partial charge >= 0.3 is 0 Å². The highest BCUT2D eigenvalue weighted by Gasteiger charge is 2.38. The van der Waals surface area contributed by atoms with Crippen LogP contribution in [0.5, 0.6) is 0 Å². The molecule has 0 amide bonds. The number of piperazine rings is 1. The summed E-state index contributed by atoms with van der Waals surface area (Å²) in [5.41, 5.74) is 0.643. The van der Waals surface area contributed by atoms with Crippen molar-refractivity contribution in [3.05, 3.63) is 0 Å². The minimum Gasteiger partial charge on any atom is -0.308 e. The number of rotatable bonds is 5. The van der Waals surface area contributed by atoms with Gasteiger partial charge in [-0.05, 0) is 40.2 Å². The molecule has 0 bridgehead atoms. The first kappa shape index (κ1) is 14.0. The lowest BCUT2D eigenvalue weighted by molar-refractivity contribution is 0.0301. The maximum Gasteiger partial charge on any atom is 0.0278 e. The number of hydrogen-bond donors (Lipinski definition) is 1. The van der Waals surface area contributed by atoms with Gasteiger partial charge in [-0.3, -0.25) is 4.90 Å². The van der Waals surface area contributed by atoms with Crippen LogP contribution in [0.1, 0.15) is 60.3 Å². The van der Waals surface area contributed by atoms with E-state index in [1.807, 2.05) is 0 Å². The quantitative estimate of drug-likeness (QED) is 0.725. The Balaban J connectivity index is 2.54. The highest BCUT2D eigenvalue weighted by Crippen LogP contribution is 2.25. The Kier molecular flexibility index (Phi) is 4.81. The molecule has 1 heterocycles. The molecule has 0 aliphatic carbocycles. The number of nitrogens with zero attached hydrogens (tertiary/aromatic N) is 1. The van der Waals surface area contributed by atoms with Crippen molar-refractivity contribution in [3.63, 3.8) is 0 Å². The Bertz CT molecular complexity index is 213. The van der Waals surface area contributed by atoms with E-state index in [2.05, 4.69) is 44.8 Å². The summed E-state index contributed by atoms with van der Waals surface area (Å²) in [6.07, 6.45) is 5.24. The molecule has 96 valence electrons. The Morgan fingerprint density at radius 2 is 1.81 bits per heavy atom. The van der Waals surface area contributed by atoms with E-state index in [1.54, 1.807) is 0 Å². The van der Waals surface area contributed by atoms with Gasteiger partial charge in [-0.2, -0.15) is 0 Å². The fourth-order valence-electron chi connectivity index (χ4n) is 2.40. The van der Waals surface area contributed by atoms with Crippen LogP contribution in [-0.4, -0.2) is 35.6 Å². The molecule has 1 fully saturated rings. The predicted molar refractivity (Wildman–Crippen MR) is 71.9 cm³/mol. The van der Waals surface area contributed by atoms with E-state index in [0.29, 0.717) is 11.1 Å². The van der Waals surface area contributed by atoms with E-state index in [9.17, 15) is 0 Å². The van der Waals surface area contributed by atoms with Crippen LogP contribution in [0.3, 0.4) is 0 Å². The van der Waals surface area contributed by atoms with Crippen molar-refractivity contribution >= 4 is 0 Å². The summed E-state index contributed by atoms with van der Waals surface area (Å²) < 4.78 is 0. The fraction of sp³-hybridized carbons (Fsp3) is 1.00. The summed E-state index contributed by atoms with van der Waals surface area (Å²) in [6.45, 7) is 15.2. The minimum atomic E-state index is 0.321. The lowest BCUT2D eigenvalue weighted by atomic mass is 9.88. The van der Waals surface area contributed by atoms with Gasteiger partial charge in [0.25, 0.3) is 0 Å². The molecule has 1 unspecified atom stereocenters. The maximum absolute atomic E-state index is 3.71. The molecular formula is C14H30N2. The molecule has 0 aromatic heterocycles. The van der Waals surface area contributed by atoms with Crippen molar-refractivity contribution in [3.8, 4) is 0 Å². The Morgan fingerprint density at radius 1 is 1.12 bits per heavy atom. The Labute approximate surface area is 102 Å². The summed E-state index contributed by atoms with van der Waals surface area (Å²) in [5.74, 6) is 0. The van der Waals surface area contributed by atoms with Gasteiger partial charge in [0.15, 0.2) is 0 Å². The third kappa shape index (κ3) is 3.46. The van der Waals surface area contributed by atoms with Gasteiger partial charge in [-0.1, -0.05) is 26.7 Å². The molecule has 1 saturated heterocycles. The molecule has 1 aliphatic heterocycles. The van der Waals surface area contributed by atoms with E-state index in [4.69, 9.17) is 0 Å². The van der Waals surface area contributed by atoms with Crippen molar-refractivity contribution in [2.45, 2.75) is 71.4 Å². The highest BCUT2D eigenvalue weighted by atomic mass is 15.3. The third-order valence-corrected chi connectivity index (χ3v) is 4.16. The molecule has 0 spiro atoms. The predicted octanol–water partition coefficient (Wildman–Crippen LogP) is 3.03. The number of nitrogens with one attached hydrogen (secondary N) is 1. The molecule has 1 rings (SSSR count). The third-order valence-electron chi connectivity index (χ3n) is 4.16. The molecule has 0 aromatic carbocycles. The first-order chi connectivity index (χ1) is 7.43. The molecule has 0 aromatic rings. The van der Waals surface area contributed by atoms with Gasteiger partial charge < -0.3 is 5.32 Å². The minimum absolute atomic E-state index is 0.321. The second-order valence-corrected chi connectivity index (χ2v) is 6.21. The largest absolute Gasteiger partial charge is 0.308 e. The average Bonchev–Trinajstić information content (AvgIpc) is 2.24. The zero-order chi connectivity index (χ0) is 12.2. The van der Waals surface area contributed by atoms with Gasteiger partial charge in [-0.15, -0.1) is 0 Å². The van der Waals surface area contributed by atoms with Gasteiger partial charge in [0, 0.05) is 24.2 Å². The summed E-state index contributed by atoms with van der Waals surface area (Å²) in [7, 11) is 0. The fourth-order valence-corrected chi connectivity index (χ4v) is 2.40. The molecule has 0 radical (unpaired) electrons. The number of unbranched alkanes of at least 4 members (excludes halogenated alkanes) is 2. The van der Waals surface area contributed by atoms with Crippen LogP contribution in [-0.2, 0) is 0 Å². The first-order valence-corrected chi connectivity index (χ1v) is 6.93. The SMILES string of the molecule is CCCCCN1CC(C)(CC)NCC1(C)C. The van der Waals surface area contributed by atoms with Crippen LogP contribution < -0.4 is 5.32 Å². The van der Waals surface area contributed by atoms with E-state index < -0.39 is 0 Å². The lowest BCUT2D eigenvalue weighted by Gasteiger charge is -2.51. The van der Waals surface area contributed by atoms with Gasteiger partial charge in [-0.25, -0.2) is 0 Å². The zero-order valence-electron chi connectivity index (χ0n) is 11.9. The topological polar surface area (TPSA) is 15.3 Å². The maximum atomic E-state index is 3.71. The Hall–Kier alpha value is -0.0800. The van der Waals surface area contributed by atoms with Crippen molar-refractivity contribution in [1.82, 2.24) is 10.2 Å². The summed E-state index contributed by atoms with van der Waals surface area (Å²) in [5, 5.41) is 3.71. The van der Waals surface area contributed by atoms with Crippen molar-refractivity contribution in [1.29, 1.82) is 0 Å². The number of hydrogen-bond acceptors (Lipinski definition) is 2. The summed E-state index contributed by atoms with van der Waals surface area (Å²) in [4.78, 5) is 2.68. The van der Waals surface area contributed by atoms with Crippen LogP contribution in [0.25, 0.3) is 0 Å². The Morgan fingerprint density at radius 3 is 2.38 bits per heavy atom. The van der Waals surface area contributed by atoms with Crippen LogP contribution in [0.2, 0.25) is 0 Å². The van der Waals surface area contributed by atoms with Gasteiger partial charge in [0.05, 0.1) is 0 Å². The second kappa shape index (κ2) is 5.50. The molecular weight excluding hydrogens is 196 g/mol. The van der Waals surface area contributed by atoms with E-state index >= 15 is 0 Å². The van der Waals surface area contributed by atoms with Crippen molar-refractivity contribution in [2.24, 2.45) is 0 Å². The molecule has 1 atom stereocenters. The average molecular weight is 226 g/mol. The first-order valence-electron chi connectivity index (χ1n) is 6.93. The molecule has 2 heteroatoms. The monoisotopic (exact) mass is 226 g/mol. The van der Waals surface area contributed by atoms with E-state index in [1.165, 1.54) is 38.8 Å². The van der Waals surface area contributed by atoms with Crippen molar-refractivity contribution in [2.75, 3.05) is 19.6 Å². The summed E-state index contributed by atoms with van der Waals surface area (Å²) in [6, 6.07) is 0. The normalized spacial score (nSPS) is 30.6. The zero-order valence-corrected chi connectivity index (χ0v) is 11.9. The van der Waals surface area contributed by atoms with Crippen LogP contribution in [0, 0.1) is 0 Å². The van der Waals surface area contributed by atoms with Crippen LogP contribution in [0.15, 0.2) is 0 Å². The summed E-state index contributed by atoms with van der Waals surface area (Å²) >= 11 is 0. The molecule has 16 heavy (non-hydrogen) atoms. The van der Waals surface area contributed by atoms with E-state index in [-0.39, 0.29) is 0 Å². The van der Waals surface area contributed by atoms with Gasteiger partial charge in [0.2, 0.25) is 0 Å². The van der Waals surface area contributed by atoms with E-state index in [0.717, 1.165) is 6.54 Å². The molecule has 1 N–H and O–H groups in total. The van der Waals surface area contributed by atoms with Crippen LogP contribution >= 0.6 is 0 Å². The second-order valence-electron chi connectivity index (χ2n) is 6.21. The lowest BCUT2D eigenvalue weighted by Crippen LogP contribution is -2.66. The highest BCUT2D eigenvalue weighted by molar-refractivity contribution is 4.98.